The third kappa shape index (κ3) is 22.4. The number of hydrogen-bond donors (Lipinski definition) is 2. The van der Waals surface area contributed by atoms with Crippen LogP contribution in [0.1, 0.15) is 66.2 Å². The van der Waals surface area contributed by atoms with Crippen molar-refractivity contribution in [1.82, 2.24) is 10.6 Å². The van der Waals surface area contributed by atoms with Crippen molar-refractivity contribution in [2.45, 2.75) is 78.4 Å². The molecule has 1 fully saturated rings. The lowest BCUT2D eigenvalue weighted by Gasteiger charge is -2.29. The van der Waals surface area contributed by atoms with Crippen LogP contribution in [0.15, 0.2) is 48.6 Å². The van der Waals surface area contributed by atoms with Crippen LogP contribution in [-0.4, -0.2) is 114 Å². The van der Waals surface area contributed by atoms with Crippen molar-refractivity contribution in [1.29, 1.82) is 0 Å². The van der Waals surface area contributed by atoms with E-state index < -0.39 is 48.3 Å². The van der Waals surface area contributed by atoms with Gasteiger partial charge in [0.2, 0.25) is 0 Å². The van der Waals surface area contributed by atoms with Gasteiger partial charge in [0.1, 0.15) is 13.2 Å². The van der Waals surface area contributed by atoms with E-state index in [1.165, 1.54) is 27.7 Å². The van der Waals surface area contributed by atoms with Crippen molar-refractivity contribution in [2.24, 2.45) is 11.8 Å². The van der Waals surface area contributed by atoms with Crippen LogP contribution in [0.4, 0.5) is 9.59 Å². The first-order chi connectivity index (χ1) is 25.6. The van der Waals surface area contributed by atoms with Gasteiger partial charge in [-0.3, -0.25) is 0 Å². The monoisotopic (exact) mass is 766 g/mol. The van der Waals surface area contributed by atoms with Crippen molar-refractivity contribution in [3.8, 4) is 0 Å². The highest BCUT2D eigenvalue weighted by Crippen LogP contribution is 2.29. The maximum Gasteiger partial charge on any atom is 0.407 e. The Balaban J connectivity index is 2.49. The molecular weight excluding hydrogens is 708 g/mol. The minimum Gasteiger partial charge on any atom is -0.462 e. The van der Waals surface area contributed by atoms with Crippen molar-refractivity contribution in [2.75, 3.05) is 65.9 Å². The third-order valence-corrected chi connectivity index (χ3v) is 7.67. The van der Waals surface area contributed by atoms with E-state index in [0.717, 1.165) is 25.7 Å². The number of carbonyl (C=O) groups is 6. The molecule has 2 amide bonds. The third-order valence-electron chi connectivity index (χ3n) is 7.67. The summed E-state index contributed by atoms with van der Waals surface area (Å²) in [5.74, 6) is -1.75. The molecule has 0 aromatic carbocycles. The largest absolute Gasteiger partial charge is 0.462 e. The SMILES string of the molecule is C=C(C)C(=O)OCCCNC(=O)OC(COCC1CCC(COCC(COC(=O)C(=C)C)OC(=O)NCCCOC(=O)C(=C)C)CC1)COC(=O)C(=C)C. The summed E-state index contributed by atoms with van der Waals surface area (Å²) in [7, 11) is 0. The molecule has 1 aliphatic carbocycles. The summed E-state index contributed by atoms with van der Waals surface area (Å²) in [5, 5.41) is 5.14. The molecule has 1 aliphatic rings. The lowest BCUT2D eigenvalue weighted by molar-refractivity contribution is -0.144. The first-order valence-electron chi connectivity index (χ1n) is 17.9. The average Bonchev–Trinajstić information content (AvgIpc) is 3.12. The normalized spacial score (nSPS) is 16.0. The molecule has 1 saturated carbocycles. The lowest BCUT2D eigenvalue weighted by Crippen LogP contribution is -2.36. The second-order valence-electron chi connectivity index (χ2n) is 13.2. The number of ether oxygens (including phenoxy) is 8. The zero-order valence-electron chi connectivity index (χ0n) is 32.2. The highest BCUT2D eigenvalue weighted by Gasteiger charge is 2.25. The Morgan fingerprint density at radius 1 is 0.519 bits per heavy atom. The van der Waals surface area contributed by atoms with E-state index in [0.29, 0.717) is 26.1 Å². The smallest absolute Gasteiger partial charge is 0.407 e. The van der Waals surface area contributed by atoms with E-state index >= 15 is 0 Å². The fourth-order valence-corrected chi connectivity index (χ4v) is 4.60. The van der Waals surface area contributed by atoms with Gasteiger partial charge in [0.05, 0.1) is 26.4 Å². The van der Waals surface area contributed by atoms with Crippen LogP contribution in [0, 0.1) is 11.8 Å². The first kappa shape index (κ1) is 47.3. The molecule has 0 aliphatic heterocycles. The van der Waals surface area contributed by atoms with Gasteiger partial charge in [-0.15, -0.1) is 0 Å². The summed E-state index contributed by atoms with van der Waals surface area (Å²) in [4.78, 5) is 71.5. The summed E-state index contributed by atoms with van der Waals surface area (Å²) >= 11 is 0. The summed E-state index contributed by atoms with van der Waals surface area (Å²) < 4.78 is 43.0. The van der Waals surface area contributed by atoms with E-state index in [1.807, 2.05) is 0 Å². The maximum absolute atomic E-state index is 12.4. The minimum atomic E-state index is -0.863. The number of alkyl carbamates (subject to hydrolysis) is 2. The Labute approximate surface area is 317 Å². The Morgan fingerprint density at radius 3 is 1.15 bits per heavy atom. The second kappa shape index (κ2) is 27.0. The predicted molar refractivity (Wildman–Crippen MR) is 196 cm³/mol. The first-order valence-corrected chi connectivity index (χ1v) is 17.9. The molecule has 2 atom stereocenters. The molecule has 0 saturated heterocycles. The fourth-order valence-electron chi connectivity index (χ4n) is 4.60. The molecule has 0 spiro atoms. The Bertz CT molecular complexity index is 1210. The molecule has 0 radical (unpaired) electrons. The average molecular weight is 767 g/mol. The molecular formula is C38H58N2O14. The molecule has 304 valence electrons. The maximum atomic E-state index is 12.4. The van der Waals surface area contributed by atoms with Crippen molar-refractivity contribution >= 4 is 36.1 Å². The van der Waals surface area contributed by atoms with Gasteiger partial charge in [-0.1, -0.05) is 26.3 Å². The predicted octanol–water partition coefficient (Wildman–Crippen LogP) is 4.27. The number of hydrogen-bond acceptors (Lipinski definition) is 14. The van der Waals surface area contributed by atoms with Gasteiger partial charge in [-0.25, -0.2) is 28.8 Å². The van der Waals surface area contributed by atoms with Crippen LogP contribution in [-0.2, 0) is 57.1 Å². The molecule has 0 aromatic heterocycles. The van der Waals surface area contributed by atoms with Crippen LogP contribution in [0.2, 0.25) is 0 Å². The Kier molecular flexibility index (Phi) is 23.6. The van der Waals surface area contributed by atoms with Gasteiger partial charge in [-0.05, 0) is 78.1 Å². The molecule has 0 bridgehead atoms. The zero-order valence-corrected chi connectivity index (χ0v) is 32.2. The number of nitrogens with one attached hydrogen (secondary N) is 2. The van der Waals surface area contributed by atoms with Crippen LogP contribution in [0.25, 0.3) is 0 Å². The van der Waals surface area contributed by atoms with E-state index in [-0.39, 0.29) is 86.9 Å². The molecule has 0 aromatic rings. The molecule has 2 unspecified atom stereocenters. The fraction of sp³-hybridized carbons (Fsp3) is 0.632. The quantitative estimate of drug-likeness (QED) is 0.0547. The van der Waals surface area contributed by atoms with Crippen LogP contribution < -0.4 is 10.6 Å². The van der Waals surface area contributed by atoms with Crippen LogP contribution in [0.3, 0.4) is 0 Å². The summed E-state index contributed by atoms with van der Waals surface area (Å²) in [6.45, 7) is 21.2. The second-order valence-corrected chi connectivity index (χ2v) is 13.2. The van der Waals surface area contributed by atoms with E-state index in [2.05, 4.69) is 36.9 Å². The lowest BCUT2D eigenvalue weighted by atomic mass is 9.83. The number of carbonyl (C=O) groups excluding carboxylic acids is 6. The molecule has 16 heteroatoms. The topological polar surface area (TPSA) is 200 Å². The molecule has 2 N–H and O–H groups in total. The molecule has 0 heterocycles. The zero-order chi connectivity index (χ0) is 40.5. The number of esters is 4. The van der Waals surface area contributed by atoms with Crippen LogP contribution >= 0.6 is 0 Å². The van der Waals surface area contributed by atoms with Gasteiger partial charge in [0.15, 0.2) is 12.2 Å². The highest BCUT2D eigenvalue weighted by atomic mass is 16.6. The van der Waals surface area contributed by atoms with Gasteiger partial charge >= 0.3 is 36.1 Å². The molecule has 16 nitrogen and oxygen atoms in total. The highest BCUT2D eigenvalue weighted by molar-refractivity contribution is 5.88. The number of amides is 2. The Hall–Kier alpha value is -4.70. The van der Waals surface area contributed by atoms with Crippen molar-refractivity contribution in [3.63, 3.8) is 0 Å². The van der Waals surface area contributed by atoms with Gasteiger partial charge < -0.3 is 48.5 Å². The van der Waals surface area contributed by atoms with Gasteiger partial charge in [-0.2, -0.15) is 0 Å². The minimum absolute atomic E-state index is 0.00351. The van der Waals surface area contributed by atoms with E-state index in [9.17, 15) is 28.8 Å². The van der Waals surface area contributed by atoms with Gasteiger partial charge in [0, 0.05) is 48.6 Å². The summed E-state index contributed by atoms with van der Waals surface area (Å²) in [5.41, 5.74) is 0.973. The Morgan fingerprint density at radius 2 is 0.833 bits per heavy atom. The van der Waals surface area contributed by atoms with Gasteiger partial charge in [0.25, 0.3) is 0 Å². The summed E-state index contributed by atoms with van der Waals surface area (Å²) in [6, 6.07) is 0. The molecule has 54 heavy (non-hydrogen) atoms. The standard InChI is InChI=1S/C38H58N2O14/c1-25(2)33(41)49-17-9-15-39-37(45)53-31(23-51-35(43)27(5)6)21-47-19-29-11-13-30(14-12-29)20-48-22-32(24-52-36(44)28(7)8)54-38(46)40-16-10-18-50-34(42)26(3)4/h29-32H,1,3,5,7,9-24H2,2,4,6,8H3,(H,39,45)(H,40,46). The molecule has 1 rings (SSSR count). The van der Waals surface area contributed by atoms with E-state index in [1.54, 1.807) is 0 Å². The van der Waals surface area contributed by atoms with Crippen molar-refractivity contribution in [3.05, 3.63) is 48.6 Å². The number of rotatable bonds is 26. The van der Waals surface area contributed by atoms with E-state index in [4.69, 9.17) is 37.9 Å². The summed E-state index contributed by atoms with van der Waals surface area (Å²) in [6.07, 6.45) is 0.982. The van der Waals surface area contributed by atoms with Crippen molar-refractivity contribution < 1.29 is 66.7 Å². The van der Waals surface area contributed by atoms with Crippen LogP contribution in [0.5, 0.6) is 0 Å².